The topological polar surface area (TPSA) is 80.6 Å². The Hall–Kier alpha value is -1.34. The Morgan fingerprint density at radius 2 is 1.52 bits per heavy atom. The maximum Gasteiger partial charge on any atom is 0.498 e. The molecule has 7 heteroatoms. The van der Waals surface area contributed by atoms with Crippen LogP contribution in [0.3, 0.4) is 0 Å². The number of ether oxygens (including phenoxy) is 1. The molecule has 0 spiro atoms. The van der Waals surface area contributed by atoms with Gasteiger partial charge in [0.1, 0.15) is 5.60 Å². The molecule has 0 aromatic carbocycles. The van der Waals surface area contributed by atoms with Crippen molar-refractivity contribution < 1.29 is 18.8 Å². The first-order valence-corrected chi connectivity index (χ1v) is 7.78. The van der Waals surface area contributed by atoms with Crippen molar-refractivity contribution in [3.63, 3.8) is 0 Å². The Morgan fingerprint density at radius 1 is 1.09 bits per heavy atom. The summed E-state index contributed by atoms with van der Waals surface area (Å²) in [5, 5.41) is 10.7. The van der Waals surface area contributed by atoms with E-state index in [1.807, 2.05) is 27.7 Å². The number of alkyl carbamates (subject to hydrolysis) is 1. The number of hydrogen-bond donors (Lipinski definition) is 2. The van der Waals surface area contributed by atoms with Crippen LogP contribution in [-0.4, -0.2) is 35.7 Å². The SMILES string of the molecule is CC(=N)/C(B1OC(C)(C)C(C)(C)O1)=C(/C)NC(=O)OC(C)(C)C. The Morgan fingerprint density at radius 3 is 1.87 bits per heavy atom. The third-order valence-corrected chi connectivity index (χ3v) is 3.99. The van der Waals surface area contributed by atoms with Gasteiger partial charge >= 0.3 is 13.2 Å². The minimum absolute atomic E-state index is 0.275. The zero-order chi connectivity index (χ0) is 18.2. The zero-order valence-electron chi connectivity index (χ0n) is 15.7. The fraction of sp³-hybridized carbons (Fsp3) is 0.750. The quantitative estimate of drug-likeness (QED) is 0.615. The van der Waals surface area contributed by atoms with Crippen molar-refractivity contribution in [1.29, 1.82) is 5.41 Å². The average molecular weight is 324 g/mol. The van der Waals surface area contributed by atoms with Crippen LogP contribution in [0.25, 0.3) is 0 Å². The highest BCUT2D eigenvalue weighted by Crippen LogP contribution is 2.39. The lowest BCUT2D eigenvalue weighted by Crippen LogP contribution is -2.41. The van der Waals surface area contributed by atoms with Gasteiger partial charge in [0.15, 0.2) is 0 Å². The predicted octanol–water partition coefficient (Wildman–Crippen LogP) is 3.46. The molecule has 2 N–H and O–H groups in total. The van der Waals surface area contributed by atoms with E-state index in [1.165, 1.54) is 0 Å². The Kier molecular flexibility index (Phi) is 5.38. The maximum absolute atomic E-state index is 11.9. The second-order valence-corrected chi connectivity index (χ2v) is 7.88. The second kappa shape index (κ2) is 6.28. The monoisotopic (exact) mass is 324 g/mol. The summed E-state index contributed by atoms with van der Waals surface area (Å²) < 4.78 is 17.2. The van der Waals surface area contributed by atoms with Crippen LogP contribution >= 0.6 is 0 Å². The number of carbonyl (C=O) groups excluding carboxylic acids is 1. The van der Waals surface area contributed by atoms with E-state index in [0.717, 1.165) is 0 Å². The van der Waals surface area contributed by atoms with Crippen LogP contribution in [0.2, 0.25) is 0 Å². The van der Waals surface area contributed by atoms with Gasteiger partial charge in [-0.2, -0.15) is 0 Å². The first kappa shape index (κ1) is 19.7. The fourth-order valence-corrected chi connectivity index (χ4v) is 2.12. The number of allylic oxidation sites excluding steroid dienone is 2. The van der Waals surface area contributed by atoms with Gasteiger partial charge in [-0.3, -0.25) is 5.32 Å². The molecule has 1 amide bonds. The van der Waals surface area contributed by atoms with Crippen LogP contribution < -0.4 is 5.32 Å². The third kappa shape index (κ3) is 4.82. The summed E-state index contributed by atoms with van der Waals surface area (Å²) in [6, 6.07) is 0. The smallest absolute Gasteiger partial charge is 0.444 e. The molecule has 1 fully saturated rings. The largest absolute Gasteiger partial charge is 0.498 e. The maximum atomic E-state index is 11.9. The van der Waals surface area contributed by atoms with Crippen molar-refractivity contribution in [2.45, 2.75) is 79.1 Å². The molecule has 23 heavy (non-hydrogen) atoms. The van der Waals surface area contributed by atoms with Gasteiger partial charge in [0, 0.05) is 16.9 Å². The van der Waals surface area contributed by atoms with Gasteiger partial charge in [-0.25, -0.2) is 4.79 Å². The van der Waals surface area contributed by atoms with Gasteiger partial charge in [0.2, 0.25) is 0 Å². The summed E-state index contributed by atoms with van der Waals surface area (Å²) in [5.74, 6) is 0. The highest BCUT2D eigenvalue weighted by Gasteiger charge is 2.53. The molecule has 0 aliphatic carbocycles. The molecule has 1 saturated heterocycles. The van der Waals surface area contributed by atoms with Crippen LogP contribution in [-0.2, 0) is 14.0 Å². The summed E-state index contributed by atoms with van der Waals surface area (Å²) in [6.45, 7) is 16.5. The summed E-state index contributed by atoms with van der Waals surface area (Å²) in [4.78, 5) is 11.9. The molecule has 0 aromatic heterocycles. The summed E-state index contributed by atoms with van der Waals surface area (Å²) >= 11 is 0. The van der Waals surface area contributed by atoms with Crippen LogP contribution in [0.5, 0.6) is 0 Å². The average Bonchev–Trinajstić information content (AvgIpc) is 2.42. The van der Waals surface area contributed by atoms with Crippen molar-refractivity contribution in [1.82, 2.24) is 5.32 Å². The van der Waals surface area contributed by atoms with Crippen molar-refractivity contribution in [3.8, 4) is 0 Å². The Bertz CT molecular complexity index is 517. The van der Waals surface area contributed by atoms with Gasteiger partial charge in [-0.1, -0.05) is 0 Å². The molecule has 0 bridgehead atoms. The number of nitrogens with one attached hydrogen (secondary N) is 2. The lowest BCUT2D eigenvalue weighted by atomic mass is 9.74. The Balaban J connectivity index is 3.03. The van der Waals surface area contributed by atoms with Crippen LogP contribution in [0, 0.1) is 5.41 Å². The Labute approximate surface area is 139 Å². The molecular formula is C16H29BN2O4. The van der Waals surface area contributed by atoms with E-state index < -0.39 is 30.0 Å². The van der Waals surface area contributed by atoms with E-state index >= 15 is 0 Å². The lowest BCUT2D eigenvalue weighted by Gasteiger charge is -2.32. The van der Waals surface area contributed by atoms with Crippen LogP contribution in [0.4, 0.5) is 4.79 Å². The van der Waals surface area contributed by atoms with E-state index in [0.29, 0.717) is 11.2 Å². The fourth-order valence-electron chi connectivity index (χ4n) is 2.12. The molecule has 130 valence electrons. The van der Waals surface area contributed by atoms with Crippen LogP contribution in [0.15, 0.2) is 11.2 Å². The zero-order valence-corrected chi connectivity index (χ0v) is 15.7. The predicted molar refractivity (Wildman–Crippen MR) is 91.6 cm³/mol. The van der Waals surface area contributed by atoms with Gasteiger partial charge in [0.25, 0.3) is 0 Å². The standard InChI is InChI=1S/C16H29BN2O4/c1-10(18)12(11(2)19-13(20)21-14(3,4)5)17-22-15(6,7)16(8,9)23-17/h18H,1-9H3,(H,19,20)/b12-11+,18-10?. The number of hydrogen-bond acceptors (Lipinski definition) is 5. The molecule has 1 rings (SSSR count). The van der Waals surface area contributed by atoms with E-state index in [9.17, 15) is 4.79 Å². The van der Waals surface area contributed by atoms with E-state index in [-0.39, 0.29) is 5.71 Å². The lowest BCUT2D eigenvalue weighted by molar-refractivity contribution is 0.00578. The van der Waals surface area contributed by atoms with Gasteiger partial charge in [-0.05, 0) is 62.3 Å². The minimum atomic E-state index is -0.701. The van der Waals surface area contributed by atoms with E-state index in [2.05, 4.69) is 5.32 Å². The molecule has 1 aliphatic rings. The van der Waals surface area contributed by atoms with Gasteiger partial charge < -0.3 is 19.5 Å². The van der Waals surface area contributed by atoms with Gasteiger partial charge in [0.05, 0.1) is 11.2 Å². The van der Waals surface area contributed by atoms with Crippen molar-refractivity contribution in [2.75, 3.05) is 0 Å². The molecule has 0 radical (unpaired) electrons. The normalized spacial score (nSPS) is 20.8. The molecule has 6 nitrogen and oxygen atoms in total. The van der Waals surface area contributed by atoms with E-state index in [4.69, 9.17) is 19.5 Å². The molecule has 0 atom stereocenters. The minimum Gasteiger partial charge on any atom is -0.444 e. The highest BCUT2D eigenvalue weighted by atomic mass is 16.7. The van der Waals surface area contributed by atoms with Crippen molar-refractivity contribution >= 4 is 18.9 Å². The molecular weight excluding hydrogens is 295 g/mol. The summed E-state index contributed by atoms with van der Waals surface area (Å²) in [6.07, 6.45) is -0.565. The highest BCUT2D eigenvalue weighted by molar-refractivity contribution is 6.62. The summed E-state index contributed by atoms with van der Waals surface area (Å²) in [7, 11) is -0.701. The molecule has 1 heterocycles. The van der Waals surface area contributed by atoms with Gasteiger partial charge in [-0.15, -0.1) is 0 Å². The second-order valence-electron chi connectivity index (χ2n) is 7.88. The molecule has 0 aromatic rings. The third-order valence-electron chi connectivity index (χ3n) is 3.99. The summed E-state index contributed by atoms with van der Waals surface area (Å²) in [5.41, 5.74) is -0.333. The van der Waals surface area contributed by atoms with Crippen LogP contribution in [0.1, 0.15) is 62.3 Å². The first-order valence-electron chi connectivity index (χ1n) is 7.78. The molecule has 0 unspecified atom stereocenters. The van der Waals surface area contributed by atoms with E-state index in [1.54, 1.807) is 34.6 Å². The molecule has 1 aliphatic heterocycles. The first-order chi connectivity index (χ1) is 10.2. The van der Waals surface area contributed by atoms with Crippen molar-refractivity contribution in [2.24, 2.45) is 0 Å². The number of carbonyl (C=O) groups is 1. The molecule has 0 saturated carbocycles. The number of rotatable bonds is 3. The van der Waals surface area contributed by atoms with Crippen molar-refractivity contribution in [3.05, 3.63) is 11.2 Å². The number of amides is 1.